The minimum absolute atomic E-state index is 0.0135. The van der Waals surface area contributed by atoms with Crippen LogP contribution in [0.25, 0.3) is 0 Å². The standard InChI is InChI=1S/C15H18N4O4S/c1-11-16-14(18-23-11)10-15(20)17-12-4-6-13(7-5-12)19-8-2-3-9-24(19,21)22/h4-7H,2-3,8-10H2,1H3,(H,17,20). The first-order valence-corrected chi connectivity index (χ1v) is 9.24. The second kappa shape index (κ2) is 6.60. The summed E-state index contributed by atoms with van der Waals surface area (Å²) in [7, 11) is -3.23. The van der Waals surface area contributed by atoms with E-state index in [1.165, 1.54) is 4.31 Å². The van der Waals surface area contributed by atoms with Crippen LogP contribution in [-0.4, -0.2) is 36.8 Å². The van der Waals surface area contributed by atoms with Crippen LogP contribution in [0, 0.1) is 6.92 Å². The van der Waals surface area contributed by atoms with Gasteiger partial charge in [0, 0.05) is 19.2 Å². The number of benzene rings is 1. The maximum Gasteiger partial charge on any atom is 0.235 e. The largest absolute Gasteiger partial charge is 0.340 e. The maximum absolute atomic E-state index is 12.1. The van der Waals surface area contributed by atoms with Gasteiger partial charge in [-0.05, 0) is 37.1 Å². The van der Waals surface area contributed by atoms with Crippen molar-refractivity contribution in [3.05, 3.63) is 36.0 Å². The third-order valence-corrected chi connectivity index (χ3v) is 5.55. The number of carbonyl (C=O) groups is 1. The van der Waals surface area contributed by atoms with E-state index in [2.05, 4.69) is 15.5 Å². The SMILES string of the molecule is Cc1nc(CC(=O)Nc2ccc(N3CCCCS3(=O)=O)cc2)no1. The van der Waals surface area contributed by atoms with Gasteiger partial charge in [-0.3, -0.25) is 9.10 Å². The summed E-state index contributed by atoms with van der Waals surface area (Å²) >= 11 is 0. The van der Waals surface area contributed by atoms with Crippen molar-refractivity contribution in [3.8, 4) is 0 Å². The first-order valence-electron chi connectivity index (χ1n) is 7.63. The van der Waals surface area contributed by atoms with Crippen molar-refractivity contribution < 1.29 is 17.7 Å². The van der Waals surface area contributed by atoms with Gasteiger partial charge in [0.1, 0.15) is 0 Å². The number of aromatic nitrogens is 2. The number of hydrogen-bond donors (Lipinski definition) is 1. The predicted octanol–water partition coefficient (Wildman–Crippen LogP) is 1.49. The molecule has 0 radical (unpaired) electrons. The van der Waals surface area contributed by atoms with Gasteiger partial charge >= 0.3 is 0 Å². The lowest BCUT2D eigenvalue weighted by Gasteiger charge is -2.28. The minimum atomic E-state index is -3.23. The van der Waals surface area contributed by atoms with Gasteiger partial charge in [0.15, 0.2) is 5.82 Å². The summed E-state index contributed by atoms with van der Waals surface area (Å²) in [6.07, 6.45) is 1.56. The van der Waals surface area contributed by atoms with E-state index >= 15 is 0 Å². The van der Waals surface area contributed by atoms with Crippen LogP contribution < -0.4 is 9.62 Å². The van der Waals surface area contributed by atoms with Crippen LogP contribution >= 0.6 is 0 Å². The fourth-order valence-electron chi connectivity index (χ4n) is 2.55. The molecule has 24 heavy (non-hydrogen) atoms. The second-order valence-corrected chi connectivity index (χ2v) is 7.61. The molecule has 1 amide bonds. The molecule has 0 bridgehead atoms. The zero-order valence-corrected chi connectivity index (χ0v) is 14.0. The molecule has 1 saturated heterocycles. The van der Waals surface area contributed by atoms with Crippen LogP contribution in [-0.2, 0) is 21.2 Å². The smallest absolute Gasteiger partial charge is 0.235 e. The molecule has 1 aliphatic rings. The molecule has 3 rings (SSSR count). The molecule has 1 aliphatic heterocycles. The highest BCUT2D eigenvalue weighted by Gasteiger charge is 2.25. The highest BCUT2D eigenvalue weighted by molar-refractivity contribution is 7.92. The molecule has 0 aliphatic carbocycles. The Kier molecular flexibility index (Phi) is 4.52. The lowest BCUT2D eigenvalue weighted by molar-refractivity contribution is -0.115. The van der Waals surface area contributed by atoms with Crippen molar-refractivity contribution in [2.45, 2.75) is 26.2 Å². The fourth-order valence-corrected chi connectivity index (χ4v) is 4.19. The van der Waals surface area contributed by atoms with E-state index in [4.69, 9.17) is 4.52 Å². The predicted molar refractivity (Wildman–Crippen MR) is 88.2 cm³/mol. The van der Waals surface area contributed by atoms with E-state index in [0.717, 1.165) is 6.42 Å². The molecule has 9 heteroatoms. The number of nitrogens with zero attached hydrogens (tertiary/aromatic N) is 3. The van der Waals surface area contributed by atoms with Crippen molar-refractivity contribution in [1.82, 2.24) is 10.1 Å². The van der Waals surface area contributed by atoms with Gasteiger partial charge in [0.25, 0.3) is 0 Å². The van der Waals surface area contributed by atoms with E-state index in [-0.39, 0.29) is 18.1 Å². The summed E-state index contributed by atoms with van der Waals surface area (Å²) in [5.41, 5.74) is 1.19. The second-order valence-electron chi connectivity index (χ2n) is 5.60. The van der Waals surface area contributed by atoms with Gasteiger partial charge in [-0.2, -0.15) is 4.98 Å². The lowest BCUT2D eigenvalue weighted by Crippen LogP contribution is -2.37. The molecule has 128 valence electrons. The van der Waals surface area contributed by atoms with Crippen molar-refractivity contribution in [2.24, 2.45) is 0 Å². The van der Waals surface area contributed by atoms with E-state index in [1.54, 1.807) is 31.2 Å². The third kappa shape index (κ3) is 3.73. The van der Waals surface area contributed by atoms with Gasteiger partial charge in [-0.1, -0.05) is 5.16 Å². The first kappa shape index (κ1) is 16.4. The molecule has 1 N–H and O–H groups in total. The van der Waals surface area contributed by atoms with Crippen molar-refractivity contribution in [2.75, 3.05) is 21.9 Å². The van der Waals surface area contributed by atoms with E-state index in [9.17, 15) is 13.2 Å². The molecule has 0 saturated carbocycles. The van der Waals surface area contributed by atoms with Crippen LogP contribution in [0.15, 0.2) is 28.8 Å². The molecule has 2 heterocycles. The highest BCUT2D eigenvalue weighted by Crippen LogP contribution is 2.24. The van der Waals surface area contributed by atoms with Crippen molar-refractivity contribution >= 4 is 27.3 Å². The first-order chi connectivity index (χ1) is 11.4. The number of amides is 1. The monoisotopic (exact) mass is 350 g/mol. The Morgan fingerprint density at radius 1 is 1.29 bits per heavy atom. The summed E-state index contributed by atoms with van der Waals surface area (Å²) in [4.78, 5) is 15.9. The number of aryl methyl sites for hydroxylation is 1. The number of nitrogens with one attached hydrogen (secondary N) is 1. The Hall–Kier alpha value is -2.42. The molecule has 0 unspecified atom stereocenters. The molecular weight excluding hydrogens is 332 g/mol. The molecular formula is C15H18N4O4S. The third-order valence-electron chi connectivity index (χ3n) is 3.68. The van der Waals surface area contributed by atoms with Gasteiger partial charge < -0.3 is 9.84 Å². The van der Waals surface area contributed by atoms with Gasteiger partial charge in [0.05, 0.1) is 17.9 Å². The summed E-state index contributed by atoms with van der Waals surface area (Å²) in [5, 5.41) is 6.39. The molecule has 0 atom stereocenters. The normalized spacial score (nSPS) is 16.8. The van der Waals surface area contributed by atoms with E-state index < -0.39 is 10.0 Å². The van der Waals surface area contributed by atoms with Crippen LogP contribution in [0.1, 0.15) is 24.6 Å². The summed E-state index contributed by atoms with van der Waals surface area (Å²) < 4.78 is 30.4. The van der Waals surface area contributed by atoms with E-state index in [0.29, 0.717) is 36.1 Å². The summed E-state index contributed by atoms with van der Waals surface area (Å²) in [6.45, 7) is 2.15. The fraction of sp³-hybridized carbons (Fsp3) is 0.400. The number of hydrogen-bond acceptors (Lipinski definition) is 6. The average Bonchev–Trinajstić information content (AvgIpc) is 2.93. The zero-order valence-electron chi connectivity index (χ0n) is 13.2. The van der Waals surface area contributed by atoms with Crippen molar-refractivity contribution in [3.63, 3.8) is 0 Å². The average molecular weight is 350 g/mol. The number of rotatable bonds is 4. The quantitative estimate of drug-likeness (QED) is 0.895. The Bertz CT molecular complexity index is 829. The van der Waals surface area contributed by atoms with Crippen LogP contribution in [0.5, 0.6) is 0 Å². The topological polar surface area (TPSA) is 105 Å². The summed E-state index contributed by atoms with van der Waals surface area (Å²) in [5.74, 6) is 0.635. The van der Waals surface area contributed by atoms with Gasteiger partial charge in [0.2, 0.25) is 21.8 Å². The van der Waals surface area contributed by atoms with Crippen LogP contribution in [0.3, 0.4) is 0 Å². The summed E-state index contributed by atoms with van der Waals surface area (Å²) in [6, 6.07) is 6.74. The zero-order chi connectivity index (χ0) is 17.2. The number of carbonyl (C=O) groups excluding carboxylic acids is 1. The highest BCUT2D eigenvalue weighted by atomic mass is 32.2. The van der Waals surface area contributed by atoms with E-state index in [1.807, 2.05) is 0 Å². The lowest BCUT2D eigenvalue weighted by atomic mass is 10.2. The molecule has 1 aromatic carbocycles. The Morgan fingerprint density at radius 3 is 2.67 bits per heavy atom. The molecule has 0 spiro atoms. The maximum atomic E-state index is 12.1. The van der Waals surface area contributed by atoms with Crippen LogP contribution in [0.4, 0.5) is 11.4 Å². The Balaban J connectivity index is 1.65. The molecule has 8 nitrogen and oxygen atoms in total. The molecule has 1 fully saturated rings. The van der Waals surface area contributed by atoms with Gasteiger partial charge in [-0.25, -0.2) is 8.42 Å². The molecule has 2 aromatic rings. The van der Waals surface area contributed by atoms with Crippen molar-refractivity contribution in [1.29, 1.82) is 0 Å². The number of anilines is 2. The Labute approximate surface area is 139 Å². The number of sulfonamides is 1. The van der Waals surface area contributed by atoms with Gasteiger partial charge in [-0.15, -0.1) is 0 Å². The minimum Gasteiger partial charge on any atom is -0.340 e. The van der Waals surface area contributed by atoms with Crippen LogP contribution in [0.2, 0.25) is 0 Å². The molecule has 1 aromatic heterocycles. The Morgan fingerprint density at radius 2 is 2.04 bits per heavy atom.